The Morgan fingerprint density at radius 3 is 2.81 bits per heavy atom. The molecule has 1 fully saturated rings. The van der Waals surface area contributed by atoms with Crippen LogP contribution in [0.1, 0.15) is 24.8 Å². The van der Waals surface area contributed by atoms with Gasteiger partial charge in [-0.05, 0) is 31.9 Å². The molecule has 26 heavy (non-hydrogen) atoms. The van der Waals surface area contributed by atoms with Crippen molar-refractivity contribution < 1.29 is 19.1 Å². The first-order valence-electron chi connectivity index (χ1n) is 9.34. The summed E-state index contributed by atoms with van der Waals surface area (Å²) in [7, 11) is 2.10. The number of carbonyl (C=O) groups is 2. The number of Topliss-reactive ketones (excluding diaryl/α,β-unsaturated/α-hetero) is 1. The number of nitrogens with zero attached hydrogens (tertiary/aromatic N) is 1. The summed E-state index contributed by atoms with van der Waals surface area (Å²) in [6.07, 6.45) is 2.26. The Labute approximate surface area is 155 Å². The molecule has 1 heterocycles. The van der Waals surface area contributed by atoms with Crippen LogP contribution in [0.4, 0.5) is 0 Å². The van der Waals surface area contributed by atoms with E-state index in [4.69, 9.17) is 9.47 Å². The lowest BCUT2D eigenvalue weighted by atomic mass is 10.1. The summed E-state index contributed by atoms with van der Waals surface area (Å²) in [5, 5.41) is 3.43. The maximum Gasteiger partial charge on any atom is 0.313 e. The van der Waals surface area contributed by atoms with Crippen LogP contribution in [0.3, 0.4) is 0 Å². The van der Waals surface area contributed by atoms with Crippen molar-refractivity contribution in [3.05, 3.63) is 35.9 Å². The Morgan fingerprint density at radius 2 is 2.04 bits per heavy atom. The molecule has 0 radical (unpaired) electrons. The molecule has 2 rings (SSSR count). The van der Waals surface area contributed by atoms with Crippen LogP contribution >= 0.6 is 0 Å². The van der Waals surface area contributed by atoms with Crippen molar-refractivity contribution in [1.29, 1.82) is 0 Å². The number of esters is 1. The summed E-state index contributed by atoms with van der Waals surface area (Å²) in [4.78, 5) is 25.7. The fraction of sp³-hybridized carbons (Fsp3) is 0.600. The lowest BCUT2D eigenvalue weighted by Crippen LogP contribution is -2.49. The standard InChI is InChI=1S/C20H30N2O4/c1-22-11-10-21-18(15-22)9-13-25-16-19(23)14-20(24)26-12-5-8-17-6-3-2-4-7-17/h2-4,6-7,18,21H,5,8-16H2,1H3. The van der Waals surface area contributed by atoms with Crippen molar-refractivity contribution in [3.63, 3.8) is 0 Å². The molecule has 6 nitrogen and oxygen atoms in total. The van der Waals surface area contributed by atoms with E-state index in [0.717, 1.165) is 38.9 Å². The average Bonchev–Trinajstić information content (AvgIpc) is 2.63. The lowest BCUT2D eigenvalue weighted by molar-refractivity contribution is -0.147. The van der Waals surface area contributed by atoms with Crippen molar-refractivity contribution in [2.75, 3.05) is 46.5 Å². The van der Waals surface area contributed by atoms with Crippen molar-refractivity contribution in [2.45, 2.75) is 31.7 Å². The van der Waals surface area contributed by atoms with Crippen LogP contribution in [0.2, 0.25) is 0 Å². The van der Waals surface area contributed by atoms with E-state index in [1.165, 1.54) is 5.56 Å². The molecule has 0 bridgehead atoms. The Kier molecular flexibility index (Phi) is 9.31. The number of benzene rings is 1. The summed E-state index contributed by atoms with van der Waals surface area (Å²) >= 11 is 0. The van der Waals surface area contributed by atoms with E-state index in [1.807, 2.05) is 30.3 Å². The summed E-state index contributed by atoms with van der Waals surface area (Å²) in [5.41, 5.74) is 1.21. The van der Waals surface area contributed by atoms with Gasteiger partial charge in [-0.3, -0.25) is 9.59 Å². The number of piperazine rings is 1. The van der Waals surface area contributed by atoms with Gasteiger partial charge in [0.15, 0.2) is 5.78 Å². The van der Waals surface area contributed by atoms with Crippen LogP contribution in [-0.4, -0.2) is 69.2 Å². The maximum atomic E-state index is 11.8. The first-order valence-corrected chi connectivity index (χ1v) is 9.34. The first kappa shape index (κ1) is 20.6. The maximum absolute atomic E-state index is 11.8. The van der Waals surface area contributed by atoms with Crippen LogP contribution in [-0.2, 0) is 25.5 Å². The smallest absolute Gasteiger partial charge is 0.313 e. The van der Waals surface area contributed by atoms with E-state index < -0.39 is 5.97 Å². The molecule has 1 aliphatic rings. The van der Waals surface area contributed by atoms with Gasteiger partial charge in [0.1, 0.15) is 13.0 Å². The number of hydrogen-bond donors (Lipinski definition) is 1. The largest absolute Gasteiger partial charge is 0.465 e. The monoisotopic (exact) mass is 362 g/mol. The molecule has 1 aromatic carbocycles. The average molecular weight is 362 g/mol. The highest BCUT2D eigenvalue weighted by atomic mass is 16.5. The van der Waals surface area contributed by atoms with Gasteiger partial charge in [-0.2, -0.15) is 0 Å². The number of aryl methyl sites for hydroxylation is 1. The van der Waals surface area contributed by atoms with Gasteiger partial charge in [-0.1, -0.05) is 30.3 Å². The number of ether oxygens (including phenoxy) is 2. The zero-order valence-electron chi connectivity index (χ0n) is 15.6. The van der Waals surface area contributed by atoms with Crippen LogP contribution in [0.15, 0.2) is 30.3 Å². The number of rotatable bonds is 11. The molecule has 1 unspecified atom stereocenters. The molecule has 0 aliphatic carbocycles. The second-order valence-corrected chi connectivity index (χ2v) is 6.78. The highest BCUT2D eigenvalue weighted by molar-refractivity contribution is 5.96. The van der Waals surface area contributed by atoms with Crippen LogP contribution < -0.4 is 5.32 Å². The van der Waals surface area contributed by atoms with Crippen molar-refractivity contribution in [3.8, 4) is 0 Å². The second kappa shape index (κ2) is 11.8. The molecule has 1 aromatic rings. The van der Waals surface area contributed by atoms with Crippen molar-refractivity contribution >= 4 is 11.8 Å². The highest BCUT2D eigenvalue weighted by Crippen LogP contribution is 2.03. The van der Waals surface area contributed by atoms with Gasteiger partial charge in [-0.25, -0.2) is 0 Å². The summed E-state index contributed by atoms with van der Waals surface area (Å²) < 4.78 is 10.5. The fourth-order valence-corrected chi connectivity index (χ4v) is 2.97. The predicted octanol–water partition coefficient (Wildman–Crippen LogP) is 1.43. The number of ketones is 1. The van der Waals surface area contributed by atoms with Gasteiger partial charge < -0.3 is 19.7 Å². The SMILES string of the molecule is CN1CCNC(CCOCC(=O)CC(=O)OCCCc2ccccc2)C1. The molecular formula is C20H30N2O4. The normalized spacial score (nSPS) is 17.8. The molecule has 6 heteroatoms. The summed E-state index contributed by atoms with van der Waals surface area (Å²) in [6.45, 7) is 3.86. The minimum atomic E-state index is -0.470. The van der Waals surface area contributed by atoms with Crippen molar-refractivity contribution in [2.24, 2.45) is 0 Å². The summed E-state index contributed by atoms with van der Waals surface area (Å²) in [6, 6.07) is 10.4. The molecule has 0 saturated carbocycles. The third kappa shape index (κ3) is 8.56. The number of hydrogen-bond acceptors (Lipinski definition) is 6. The number of carbonyl (C=O) groups excluding carboxylic acids is 2. The Hall–Kier alpha value is -1.76. The molecule has 1 saturated heterocycles. The van der Waals surface area contributed by atoms with Gasteiger partial charge >= 0.3 is 5.97 Å². The highest BCUT2D eigenvalue weighted by Gasteiger charge is 2.16. The van der Waals surface area contributed by atoms with E-state index in [-0.39, 0.29) is 18.8 Å². The zero-order valence-corrected chi connectivity index (χ0v) is 15.6. The minimum Gasteiger partial charge on any atom is -0.465 e. The summed E-state index contributed by atoms with van der Waals surface area (Å²) in [5.74, 6) is -0.700. The Balaban J connectivity index is 1.47. The first-order chi connectivity index (χ1) is 12.6. The third-order valence-electron chi connectivity index (χ3n) is 4.39. The minimum absolute atomic E-state index is 0.0261. The topological polar surface area (TPSA) is 67.9 Å². The van der Waals surface area contributed by atoms with E-state index in [9.17, 15) is 9.59 Å². The molecule has 0 aromatic heterocycles. The van der Waals surface area contributed by atoms with Crippen LogP contribution in [0, 0.1) is 0 Å². The number of nitrogens with one attached hydrogen (secondary N) is 1. The van der Waals surface area contributed by atoms with E-state index in [0.29, 0.717) is 19.3 Å². The van der Waals surface area contributed by atoms with Gasteiger partial charge in [0.2, 0.25) is 0 Å². The lowest BCUT2D eigenvalue weighted by Gasteiger charge is -2.30. The second-order valence-electron chi connectivity index (χ2n) is 6.78. The Bertz CT molecular complexity index is 550. The van der Waals surface area contributed by atoms with Crippen molar-refractivity contribution in [1.82, 2.24) is 10.2 Å². The van der Waals surface area contributed by atoms with E-state index in [1.54, 1.807) is 0 Å². The fourth-order valence-electron chi connectivity index (χ4n) is 2.97. The molecule has 1 N–H and O–H groups in total. The van der Waals surface area contributed by atoms with E-state index >= 15 is 0 Å². The molecule has 1 aliphatic heterocycles. The molecule has 0 spiro atoms. The van der Waals surface area contributed by atoms with Gasteiger partial charge in [0.05, 0.1) is 6.61 Å². The molecule has 0 amide bonds. The Morgan fingerprint density at radius 1 is 1.23 bits per heavy atom. The van der Waals surface area contributed by atoms with Gasteiger partial charge in [0.25, 0.3) is 0 Å². The van der Waals surface area contributed by atoms with Crippen LogP contribution in [0.5, 0.6) is 0 Å². The molecule has 144 valence electrons. The third-order valence-corrected chi connectivity index (χ3v) is 4.39. The van der Waals surface area contributed by atoms with Gasteiger partial charge in [0, 0.05) is 32.3 Å². The van der Waals surface area contributed by atoms with Gasteiger partial charge in [-0.15, -0.1) is 0 Å². The zero-order chi connectivity index (χ0) is 18.6. The molecule has 1 atom stereocenters. The van der Waals surface area contributed by atoms with Crippen LogP contribution in [0.25, 0.3) is 0 Å². The quantitative estimate of drug-likeness (QED) is 0.365. The number of likely N-dealkylation sites (N-methyl/N-ethyl adjacent to an activating group) is 1. The molecular weight excluding hydrogens is 332 g/mol. The van der Waals surface area contributed by atoms with E-state index in [2.05, 4.69) is 17.3 Å². The predicted molar refractivity (Wildman–Crippen MR) is 100 cm³/mol.